The topological polar surface area (TPSA) is 61.4 Å². The van der Waals surface area contributed by atoms with E-state index in [0.717, 1.165) is 31.5 Å². The Balaban J connectivity index is 1.95. The first-order chi connectivity index (χ1) is 9.49. The van der Waals surface area contributed by atoms with Crippen LogP contribution in [0.15, 0.2) is 29.2 Å². The summed E-state index contributed by atoms with van der Waals surface area (Å²) in [5.74, 6) is 0. The lowest BCUT2D eigenvalue weighted by molar-refractivity contribution is 0.336. The molecule has 2 rings (SSSR count). The van der Waals surface area contributed by atoms with E-state index in [9.17, 15) is 8.42 Å². The van der Waals surface area contributed by atoms with Crippen molar-refractivity contribution in [1.82, 2.24) is 15.2 Å². The van der Waals surface area contributed by atoms with Crippen molar-refractivity contribution in [3.05, 3.63) is 29.8 Å². The maximum atomic E-state index is 12.1. The molecule has 1 saturated heterocycles. The van der Waals surface area contributed by atoms with Crippen molar-refractivity contribution in [3.63, 3.8) is 0 Å². The van der Waals surface area contributed by atoms with E-state index in [-0.39, 0.29) is 4.90 Å². The van der Waals surface area contributed by atoms with Crippen molar-refractivity contribution >= 4 is 27.4 Å². The van der Waals surface area contributed by atoms with Crippen LogP contribution in [-0.4, -0.2) is 31.5 Å². The van der Waals surface area contributed by atoms with Gasteiger partial charge in [-0.3, -0.25) is 5.43 Å². The zero-order chi connectivity index (χ0) is 14.6. The third-order valence-corrected chi connectivity index (χ3v) is 4.89. The SMILES string of the molecule is Cc1ccc(S(=O)(=O)NNC(=S)N2CCCCC2)cc1. The number of piperidine rings is 1. The fourth-order valence-corrected chi connectivity index (χ4v) is 3.20. The van der Waals surface area contributed by atoms with Crippen molar-refractivity contribution in [3.8, 4) is 0 Å². The predicted octanol–water partition coefficient (Wildman–Crippen LogP) is 1.55. The first-order valence-electron chi connectivity index (χ1n) is 6.62. The minimum Gasteiger partial charge on any atom is -0.348 e. The molecule has 0 aromatic heterocycles. The van der Waals surface area contributed by atoms with Crippen molar-refractivity contribution in [2.75, 3.05) is 13.1 Å². The highest BCUT2D eigenvalue weighted by molar-refractivity contribution is 7.89. The molecular formula is C13H19N3O2S2. The van der Waals surface area contributed by atoms with Gasteiger partial charge in [0.15, 0.2) is 5.11 Å². The molecule has 5 nitrogen and oxygen atoms in total. The highest BCUT2D eigenvalue weighted by Gasteiger charge is 2.17. The normalized spacial score (nSPS) is 15.9. The summed E-state index contributed by atoms with van der Waals surface area (Å²) in [4.78, 5) is 4.53. The van der Waals surface area contributed by atoms with Gasteiger partial charge < -0.3 is 4.90 Å². The van der Waals surface area contributed by atoms with Gasteiger partial charge in [-0.15, -0.1) is 4.83 Å². The van der Waals surface area contributed by atoms with Crippen LogP contribution in [0.2, 0.25) is 0 Å². The van der Waals surface area contributed by atoms with E-state index in [1.807, 2.05) is 11.8 Å². The number of likely N-dealkylation sites (tertiary alicyclic amines) is 1. The molecule has 20 heavy (non-hydrogen) atoms. The molecule has 0 unspecified atom stereocenters. The Hall–Kier alpha value is -1.18. The van der Waals surface area contributed by atoms with Gasteiger partial charge in [0, 0.05) is 13.1 Å². The average molecular weight is 313 g/mol. The molecule has 0 bridgehead atoms. The second-order valence-electron chi connectivity index (χ2n) is 4.90. The molecule has 0 radical (unpaired) electrons. The van der Waals surface area contributed by atoms with Crippen LogP contribution >= 0.6 is 12.2 Å². The van der Waals surface area contributed by atoms with E-state index in [1.165, 1.54) is 6.42 Å². The van der Waals surface area contributed by atoms with E-state index in [2.05, 4.69) is 10.3 Å². The fraction of sp³-hybridized carbons (Fsp3) is 0.462. The Morgan fingerprint density at radius 1 is 1.15 bits per heavy atom. The fourth-order valence-electron chi connectivity index (χ4n) is 2.06. The van der Waals surface area contributed by atoms with Crippen LogP contribution in [0.5, 0.6) is 0 Å². The summed E-state index contributed by atoms with van der Waals surface area (Å²) in [6.07, 6.45) is 3.38. The molecule has 110 valence electrons. The van der Waals surface area contributed by atoms with E-state index < -0.39 is 10.0 Å². The molecule has 7 heteroatoms. The number of benzene rings is 1. The Bertz CT molecular complexity index is 564. The minimum atomic E-state index is -3.59. The smallest absolute Gasteiger partial charge is 0.257 e. The molecule has 1 fully saturated rings. The van der Waals surface area contributed by atoms with E-state index in [0.29, 0.717) is 5.11 Å². The van der Waals surface area contributed by atoms with Crippen LogP contribution in [0, 0.1) is 6.92 Å². The van der Waals surface area contributed by atoms with Gasteiger partial charge in [-0.05, 0) is 50.5 Å². The Morgan fingerprint density at radius 3 is 2.35 bits per heavy atom. The van der Waals surface area contributed by atoms with Crippen molar-refractivity contribution < 1.29 is 8.42 Å². The zero-order valence-corrected chi connectivity index (χ0v) is 13.1. The third-order valence-electron chi connectivity index (χ3n) is 3.27. The number of thiocarbonyl (C=S) groups is 1. The van der Waals surface area contributed by atoms with Crippen LogP contribution in [0.1, 0.15) is 24.8 Å². The van der Waals surface area contributed by atoms with Crippen molar-refractivity contribution in [2.45, 2.75) is 31.1 Å². The Kier molecular flexibility index (Phi) is 4.95. The van der Waals surface area contributed by atoms with Gasteiger partial charge in [-0.1, -0.05) is 17.7 Å². The van der Waals surface area contributed by atoms with Crippen LogP contribution in [-0.2, 0) is 10.0 Å². The largest absolute Gasteiger partial charge is 0.348 e. The lowest BCUT2D eigenvalue weighted by atomic mass is 10.1. The molecular weight excluding hydrogens is 294 g/mol. The van der Waals surface area contributed by atoms with Crippen LogP contribution in [0.25, 0.3) is 0 Å². The van der Waals surface area contributed by atoms with Gasteiger partial charge in [0.1, 0.15) is 0 Å². The standard InChI is InChI=1S/C13H19N3O2S2/c1-11-5-7-12(8-6-11)20(17,18)15-14-13(19)16-9-3-2-4-10-16/h5-8,15H,2-4,9-10H2,1H3,(H,14,19). The highest BCUT2D eigenvalue weighted by atomic mass is 32.2. The number of aryl methyl sites for hydroxylation is 1. The van der Waals surface area contributed by atoms with Gasteiger partial charge in [0.25, 0.3) is 10.0 Å². The van der Waals surface area contributed by atoms with Gasteiger partial charge in [0.2, 0.25) is 0 Å². The second-order valence-corrected chi connectivity index (χ2v) is 6.97. The molecule has 0 spiro atoms. The highest BCUT2D eigenvalue weighted by Crippen LogP contribution is 2.10. The molecule has 0 atom stereocenters. The van der Waals surface area contributed by atoms with E-state index in [4.69, 9.17) is 12.2 Å². The molecule has 1 aromatic rings. The van der Waals surface area contributed by atoms with Gasteiger partial charge in [-0.2, -0.15) is 0 Å². The average Bonchev–Trinajstić information content (AvgIpc) is 2.46. The van der Waals surface area contributed by atoms with Crippen molar-refractivity contribution in [1.29, 1.82) is 0 Å². The number of hydrogen-bond donors (Lipinski definition) is 2. The first-order valence-corrected chi connectivity index (χ1v) is 8.51. The quantitative estimate of drug-likeness (QED) is 0.655. The summed E-state index contributed by atoms with van der Waals surface area (Å²) >= 11 is 5.20. The molecule has 0 saturated carbocycles. The number of hydrazine groups is 1. The maximum absolute atomic E-state index is 12.1. The van der Waals surface area contributed by atoms with Crippen LogP contribution < -0.4 is 10.3 Å². The minimum absolute atomic E-state index is 0.219. The molecule has 0 amide bonds. The summed E-state index contributed by atoms with van der Waals surface area (Å²) in [6, 6.07) is 6.67. The van der Waals surface area contributed by atoms with Crippen molar-refractivity contribution in [2.24, 2.45) is 0 Å². The van der Waals surface area contributed by atoms with E-state index >= 15 is 0 Å². The van der Waals surface area contributed by atoms with Crippen LogP contribution in [0.3, 0.4) is 0 Å². The Labute approximate surface area is 125 Å². The van der Waals surface area contributed by atoms with E-state index in [1.54, 1.807) is 24.3 Å². The molecule has 1 aromatic carbocycles. The number of sulfonamides is 1. The molecule has 2 N–H and O–H groups in total. The first kappa shape index (κ1) is 15.2. The maximum Gasteiger partial charge on any atom is 0.257 e. The predicted molar refractivity (Wildman–Crippen MR) is 82.7 cm³/mol. The summed E-state index contributed by atoms with van der Waals surface area (Å²) < 4.78 is 24.2. The number of nitrogens with one attached hydrogen (secondary N) is 2. The number of hydrogen-bond acceptors (Lipinski definition) is 3. The monoisotopic (exact) mass is 313 g/mol. The zero-order valence-electron chi connectivity index (χ0n) is 11.4. The summed E-state index contributed by atoms with van der Waals surface area (Å²) in [6.45, 7) is 3.66. The second kappa shape index (κ2) is 6.51. The van der Waals surface area contributed by atoms with Gasteiger partial charge >= 0.3 is 0 Å². The summed E-state index contributed by atoms with van der Waals surface area (Å²) in [7, 11) is -3.59. The molecule has 1 aliphatic rings. The third kappa shape index (κ3) is 3.91. The molecule has 1 aliphatic heterocycles. The Morgan fingerprint density at radius 2 is 1.75 bits per heavy atom. The number of rotatable bonds is 3. The summed E-state index contributed by atoms with van der Waals surface area (Å²) in [5.41, 5.74) is 3.64. The van der Waals surface area contributed by atoms with Gasteiger partial charge in [-0.25, -0.2) is 8.42 Å². The molecule has 1 heterocycles. The molecule has 0 aliphatic carbocycles. The lowest BCUT2D eigenvalue weighted by Gasteiger charge is -2.29. The number of nitrogens with zero attached hydrogens (tertiary/aromatic N) is 1. The van der Waals surface area contributed by atoms with Crippen LogP contribution in [0.4, 0.5) is 0 Å². The summed E-state index contributed by atoms with van der Waals surface area (Å²) in [5, 5.41) is 0.431. The van der Waals surface area contributed by atoms with Gasteiger partial charge in [0.05, 0.1) is 4.90 Å². The lowest BCUT2D eigenvalue weighted by Crippen LogP contribution is -2.49.